The Labute approximate surface area is 198 Å². The summed E-state index contributed by atoms with van der Waals surface area (Å²) in [7, 11) is 0. The van der Waals surface area contributed by atoms with Crippen molar-refractivity contribution in [1.29, 1.82) is 0 Å². The van der Waals surface area contributed by atoms with Gasteiger partial charge in [-0.1, -0.05) is 0 Å². The summed E-state index contributed by atoms with van der Waals surface area (Å²) < 4.78 is 40.5. The van der Waals surface area contributed by atoms with Gasteiger partial charge in [0.15, 0.2) is 0 Å². The van der Waals surface area contributed by atoms with Crippen LogP contribution in [-0.4, -0.2) is 25.8 Å². The maximum absolute atomic E-state index is 13.8. The third-order valence-corrected chi connectivity index (χ3v) is 8.89. The molecule has 4 rings (SSSR count). The van der Waals surface area contributed by atoms with E-state index in [4.69, 9.17) is 0 Å². The second-order valence-electron chi connectivity index (χ2n) is 8.36. The molecule has 0 saturated carbocycles. The summed E-state index contributed by atoms with van der Waals surface area (Å²) in [5, 5.41) is 0.685. The van der Waals surface area contributed by atoms with E-state index in [-0.39, 0.29) is 20.9 Å². The first-order chi connectivity index (χ1) is 15.7. The second kappa shape index (κ2) is 9.20. The molecule has 0 bridgehead atoms. The van der Waals surface area contributed by atoms with Crippen LogP contribution in [0.5, 0.6) is 0 Å². The molecule has 0 aromatic heterocycles. The van der Waals surface area contributed by atoms with E-state index in [1.54, 1.807) is 4.90 Å². The van der Waals surface area contributed by atoms with E-state index in [0.29, 0.717) is 23.1 Å². The van der Waals surface area contributed by atoms with Gasteiger partial charge in [-0.25, -0.2) is 0 Å². The first-order valence-corrected chi connectivity index (χ1v) is 12.7. The number of alkyl halides is 3. The van der Waals surface area contributed by atoms with Gasteiger partial charge in [-0.15, -0.1) is 0 Å². The molecule has 3 aromatic carbocycles. The molecule has 1 heterocycles. The molecule has 6 heteroatoms. The zero-order valence-electron chi connectivity index (χ0n) is 18.4. The Kier molecular flexibility index (Phi) is 6.51. The molecular formula is C27H24F3NOSe. The summed E-state index contributed by atoms with van der Waals surface area (Å²) in [5.41, 5.74) is 1.81. The van der Waals surface area contributed by atoms with Crippen LogP contribution in [0.15, 0.2) is 90.5 Å². The first-order valence-electron chi connectivity index (χ1n) is 10.6. The van der Waals surface area contributed by atoms with Crippen LogP contribution < -0.4 is 4.46 Å². The predicted octanol–water partition coefficient (Wildman–Crippen LogP) is 5.93. The van der Waals surface area contributed by atoms with Crippen molar-refractivity contribution in [2.45, 2.75) is 31.9 Å². The predicted molar refractivity (Wildman–Crippen MR) is 126 cm³/mol. The monoisotopic (exact) mass is 515 g/mol. The minimum absolute atomic E-state index is 0.00319. The number of hydrogen-bond donors (Lipinski definition) is 0. The molecule has 2 nitrogen and oxygen atoms in total. The number of hydrogen-bond acceptors (Lipinski definition) is 1. The van der Waals surface area contributed by atoms with E-state index in [1.165, 1.54) is 16.6 Å². The molecule has 33 heavy (non-hydrogen) atoms. The molecule has 170 valence electrons. The second-order valence-corrected chi connectivity index (χ2v) is 10.6. The van der Waals surface area contributed by atoms with Crippen LogP contribution in [0, 0.1) is 5.41 Å². The zero-order chi connectivity index (χ0) is 23.6. The average molecular weight is 514 g/mol. The Bertz CT molecular complexity index is 1160. The van der Waals surface area contributed by atoms with Crippen molar-refractivity contribution in [2.75, 3.05) is 0 Å². The van der Waals surface area contributed by atoms with E-state index >= 15 is 0 Å². The van der Waals surface area contributed by atoms with Gasteiger partial charge in [0, 0.05) is 0 Å². The SMILES string of the molecule is CC1=C(c2ccc(C(F)(F)F)cc2)N(Cc2ccccc2)C(=O)C1(C)C[Se]c1ccccc1. The molecule has 3 aromatic rings. The van der Waals surface area contributed by atoms with Gasteiger partial charge in [0.1, 0.15) is 0 Å². The number of nitrogens with zero attached hydrogens (tertiary/aromatic N) is 1. The molecular weight excluding hydrogens is 490 g/mol. The molecule has 1 atom stereocenters. The molecule has 0 aliphatic carbocycles. The summed E-state index contributed by atoms with van der Waals surface area (Å²) in [6.07, 6.45) is -4.40. The van der Waals surface area contributed by atoms with Gasteiger partial charge in [-0.05, 0) is 0 Å². The van der Waals surface area contributed by atoms with Crippen LogP contribution in [-0.2, 0) is 17.5 Å². The van der Waals surface area contributed by atoms with Crippen molar-refractivity contribution in [1.82, 2.24) is 4.90 Å². The fourth-order valence-corrected chi connectivity index (χ4v) is 6.45. The first kappa shape index (κ1) is 23.3. The number of carbonyl (C=O) groups is 1. The average Bonchev–Trinajstić information content (AvgIpc) is 3.00. The van der Waals surface area contributed by atoms with Crippen molar-refractivity contribution in [2.24, 2.45) is 5.41 Å². The Hall–Kier alpha value is -2.82. The van der Waals surface area contributed by atoms with Crippen molar-refractivity contribution in [3.8, 4) is 0 Å². The summed E-state index contributed by atoms with van der Waals surface area (Å²) >= 11 is 0.0843. The van der Waals surface area contributed by atoms with E-state index in [9.17, 15) is 18.0 Å². The number of carbonyl (C=O) groups excluding carboxylic acids is 1. The van der Waals surface area contributed by atoms with Crippen molar-refractivity contribution in [3.63, 3.8) is 0 Å². The molecule has 1 aliphatic heterocycles. The van der Waals surface area contributed by atoms with Gasteiger partial charge in [0.2, 0.25) is 0 Å². The number of rotatable bonds is 6. The normalized spacial score (nSPS) is 18.8. The fourth-order valence-electron chi connectivity index (χ4n) is 4.04. The summed E-state index contributed by atoms with van der Waals surface area (Å²) in [4.78, 5) is 15.5. The van der Waals surface area contributed by atoms with Gasteiger partial charge in [0.25, 0.3) is 0 Å². The Morgan fingerprint density at radius 3 is 2.03 bits per heavy atom. The number of amides is 1. The Morgan fingerprint density at radius 2 is 1.45 bits per heavy atom. The van der Waals surface area contributed by atoms with E-state index < -0.39 is 17.2 Å². The standard InChI is InChI=1S/C27H24F3NOSe/c1-19-24(21-13-15-22(16-14-21)27(28,29)30)31(17-20-9-5-3-6-10-20)25(32)26(19,2)18-33-23-11-7-4-8-12-23/h3-16H,17-18H2,1-2H3. The van der Waals surface area contributed by atoms with E-state index in [2.05, 4.69) is 12.1 Å². The van der Waals surface area contributed by atoms with Gasteiger partial charge < -0.3 is 0 Å². The fraction of sp³-hybridized carbons (Fsp3) is 0.222. The van der Waals surface area contributed by atoms with Crippen LogP contribution in [0.4, 0.5) is 13.2 Å². The van der Waals surface area contributed by atoms with Crippen LogP contribution in [0.3, 0.4) is 0 Å². The van der Waals surface area contributed by atoms with Crippen LogP contribution in [0.1, 0.15) is 30.5 Å². The minimum atomic E-state index is -4.40. The number of halogens is 3. The Morgan fingerprint density at radius 1 is 0.879 bits per heavy atom. The van der Waals surface area contributed by atoms with Gasteiger partial charge in [-0.3, -0.25) is 0 Å². The maximum atomic E-state index is 13.8. The molecule has 0 fully saturated rings. The Balaban J connectivity index is 1.72. The van der Waals surface area contributed by atoms with Crippen molar-refractivity contribution >= 4 is 31.0 Å². The third kappa shape index (κ3) is 4.78. The van der Waals surface area contributed by atoms with E-state index in [1.807, 2.05) is 62.4 Å². The summed E-state index contributed by atoms with van der Waals surface area (Å²) in [6, 6.07) is 24.9. The third-order valence-electron chi connectivity index (χ3n) is 6.11. The molecule has 0 saturated heterocycles. The van der Waals surface area contributed by atoms with Crippen LogP contribution in [0.2, 0.25) is 5.32 Å². The zero-order valence-corrected chi connectivity index (χ0v) is 20.1. The van der Waals surface area contributed by atoms with Crippen molar-refractivity contribution in [3.05, 3.63) is 107 Å². The van der Waals surface area contributed by atoms with Crippen LogP contribution >= 0.6 is 0 Å². The molecule has 1 amide bonds. The number of benzene rings is 3. The quantitative estimate of drug-likeness (QED) is 0.374. The van der Waals surface area contributed by atoms with Crippen LogP contribution in [0.25, 0.3) is 5.70 Å². The van der Waals surface area contributed by atoms with Gasteiger partial charge in [0.05, 0.1) is 0 Å². The molecule has 0 radical (unpaired) electrons. The topological polar surface area (TPSA) is 20.3 Å². The molecule has 0 N–H and O–H groups in total. The molecule has 1 aliphatic rings. The van der Waals surface area contributed by atoms with E-state index in [0.717, 1.165) is 23.3 Å². The summed E-state index contributed by atoms with van der Waals surface area (Å²) in [6.45, 7) is 4.28. The van der Waals surface area contributed by atoms with Gasteiger partial charge in [-0.2, -0.15) is 0 Å². The summed E-state index contributed by atoms with van der Waals surface area (Å²) in [5.74, 6) is -0.00319. The molecule has 1 unspecified atom stereocenters. The molecule has 0 spiro atoms. The van der Waals surface area contributed by atoms with Gasteiger partial charge >= 0.3 is 198 Å². The van der Waals surface area contributed by atoms with Crippen molar-refractivity contribution < 1.29 is 18.0 Å².